The second-order valence-corrected chi connectivity index (χ2v) is 5.84. The van der Waals surface area contributed by atoms with Gasteiger partial charge in [-0.25, -0.2) is 0 Å². The zero-order valence-corrected chi connectivity index (χ0v) is 13.5. The molecule has 6 heteroatoms. The minimum Gasteiger partial charge on any atom is -0.486 e. The molecule has 0 saturated heterocycles. The minimum absolute atomic E-state index is 0.140. The Morgan fingerprint density at radius 2 is 1.88 bits per heavy atom. The lowest BCUT2D eigenvalue weighted by Gasteiger charge is -2.19. The molecule has 1 amide bonds. The first kappa shape index (κ1) is 15.3. The third-order valence-electron chi connectivity index (χ3n) is 3.94. The van der Waals surface area contributed by atoms with Gasteiger partial charge in [-0.1, -0.05) is 6.07 Å². The van der Waals surface area contributed by atoms with Crippen LogP contribution in [0.25, 0.3) is 10.9 Å². The fraction of sp³-hybridized carbons (Fsp3) is 0.158. The van der Waals surface area contributed by atoms with Crippen LogP contribution in [0.4, 0.5) is 11.4 Å². The summed E-state index contributed by atoms with van der Waals surface area (Å²) in [6.45, 7) is 1.05. The molecule has 0 unspecified atom stereocenters. The maximum atomic E-state index is 12.3. The summed E-state index contributed by atoms with van der Waals surface area (Å²) in [5, 5.41) is 3.82. The van der Waals surface area contributed by atoms with Gasteiger partial charge in [0, 0.05) is 22.8 Å². The Balaban J connectivity index is 1.47. The predicted molar refractivity (Wildman–Crippen MR) is 95.9 cm³/mol. The summed E-state index contributed by atoms with van der Waals surface area (Å²) in [5.74, 6) is 1.20. The number of benzene rings is 2. The van der Waals surface area contributed by atoms with Gasteiger partial charge >= 0.3 is 0 Å². The Labute approximate surface area is 144 Å². The van der Waals surface area contributed by atoms with Crippen molar-refractivity contribution in [2.45, 2.75) is 6.42 Å². The van der Waals surface area contributed by atoms with Crippen LogP contribution in [0, 0.1) is 0 Å². The largest absolute Gasteiger partial charge is 0.486 e. The molecule has 0 aliphatic carbocycles. The number of fused-ring (bicyclic) bond motifs is 2. The van der Waals surface area contributed by atoms with E-state index in [2.05, 4.69) is 10.3 Å². The zero-order chi connectivity index (χ0) is 17.2. The molecule has 4 rings (SSSR count). The summed E-state index contributed by atoms with van der Waals surface area (Å²) < 4.78 is 11.0. The number of ether oxygens (including phenoxy) is 2. The molecule has 2 heterocycles. The van der Waals surface area contributed by atoms with Gasteiger partial charge in [0.2, 0.25) is 5.91 Å². The summed E-state index contributed by atoms with van der Waals surface area (Å²) in [5.41, 5.74) is 8.65. The first-order valence-corrected chi connectivity index (χ1v) is 8.02. The minimum atomic E-state index is -0.140. The number of amides is 1. The van der Waals surface area contributed by atoms with Crippen LogP contribution in [0.1, 0.15) is 5.69 Å². The molecule has 0 saturated carbocycles. The summed E-state index contributed by atoms with van der Waals surface area (Å²) in [4.78, 5) is 16.8. The Bertz CT molecular complexity index is 956. The van der Waals surface area contributed by atoms with E-state index >= 15 is 0 Å². The number of carbonyl (C=O) groups is 1. The lowest BCUT2D eigenvalue weighted by atomic mass is 10.1. The van der Waals surface area contributed by atoms with E-state index in [1.807, 2.05) is 24.3 Å². The molecule has 6 nitrogen and oxygen atoms in total. The third-order valence-corrected chi connectivity index (χ3v) is 3.94. The van der Waals surface area contributed by atoms with E-state index in [9.17, 15) is 4.79 Å². The normalized spacial score (nSPS) is 12.8. The molecule has 126 valence electrons. The number of rotatable bonds is 3. The van der Waals surface area contributed by atoms with Crippen molar-refractivity contribution in [2.75, 3.05) is 24.3 Å². The molecular formula is C19H17N3O3. The van der Waals surface area contributed by atoms with Crippen molar-refractivity contribution >= 4 is 28.2 Å². The van der Waals surface area contributed by atoms with Crippen LogP contribution in [0.2, 0.25) is 0 Å². The van der Waals surface area contributed by atoms with Gasteiger partial charge in [-0.3, -0.25) is 9.78 Å². The second-order valence-electron chi connectivity index (χ2n) is 5.84. The maximum Gasteiger partial charge on any atom is 0.230 e. The van der Waals surface area contributed by atoms with Crippen LogP contribution in [-0.4, -0.2) is 24.1 Å². The van der Waals surface area contributed by atoms with E-state index in [-0.39, 0.29) is 12.3 Å². The zero-order valence-electron chi connectivity index (χ0n) is 13.5. The van der Waals surface area contributed by atoms with Crippen LogP contribution < -0.4 is 20.5 Å². The lowest BCUT2D eigenvalue weighted by molar-refractivity contribution is -0.115. The van der Waals surface area contributed by atoms with Crippen LogP contribution in [0.5, 0.6) is 11.5 Å². The van der Waals surface area contributed by atoms with Gasteiger partial charge in [0.05, 0.1) is 17.6 Å². The van der Waals surface area contributed by atoms with Crippen molar-refractivity contribution in [3.05, 3.63) is 54.2 Å². The van der Waals surface area contributed by atoms with E-state index in [0.29, 0.717) is 41.8 Å². The van der Waals surface area contributed by atoms with E-state index in [1.165, 1.54) is 0 Å². The molecule has 0 radical (unpaired) electrons. The molecular weight excluding hydrogens is 318 g/mol. The highest BCUT2D eigenvalue weighted by molar-refractivity contribution is 5.93. The summed E-state index contributed by atoms with van der Waals surface area (Å²) >= 11 is 0. The van der Waals surface area contributed by atoms with E-state index in [0.717, 1.165) is 10.9 Å². The van der Waals surface area contributed by atoms with Crippen molar-refractivity contribution < 1.29 is 14.3 Å². The Hall–Kier alpha value is -3.28. The summed E-state index contributed by atoms with van der Waals surface area (Å²) in [6.07, 6.45) is 0.189. The number of carbonyl (C=O) groups excluding carboxylic acids is 1. The highest BCUT2D eigenvalue weighted by Gasteiger charge is 2.13. The molecule has 0 fully saturated rings. The molecule has 1 aliphatic heterocycles. The molecule has 0 atom stereocenters. The topological polar surface area (TPSA) is 86.5 Å². The molecule has 1 aromatic heterocycles. The Morgan fingerprint density at radius 3 is 2.76 bits per heavy atom. The van der Waals surface area contributed by atoms with Gasteiger partial charge in [-0.2, -0.15) is 0 Å². The molecule has 2 aromatic carbocycles. The third kappa shape index (κ3) is 3.33. The summed E-state index contributed by atoms with van der Waals surface area (Å²) in [7, 11) is 0. The van der Waals surface area contributed by atoms with Crippen molar-refractivity contribution in [3.8, 4) is 11.5 Å². The number of nitrogens with two attached hydrogens (primary N) is 1. The standard InChI is InChI=1S/C19H17N3O3/c20-13-2-5-16-12(9-13)1-3-15(21-16)11-19(23)22-14-4-6-17-18(10-14)25-8-7-24-17/h1-6,9-10H,7-8,11,20H2,(H,22,23). The van der Waals surface area contributed by atoms with Crippen LogP contribution >= 0.6 is 0 Å². The van der Waals surface area contributed by atoms with Gasteiger partial charge in [-0.15, -0.1) is 0 Å². The SMILES string of the molecule is Nc1ccc2nc(CC(=O)Nc3ccc4c(c3)OCCO4)ccc2c1. The van der Waals surface area contributed by atoms with Gasteiger partial charge < -0.3 is 20.5 Å². The summed E-state index contributed by atoms with van der Waals surface area (Å²) in [6, 6.07) is 14.6. The Morgan fingerprint density at radius 1 is 1.04 bits per heavy atom. The molecule has 0 bridgehead atoms. The number of nitrogen functional groups attached to an aromatic ring is 1. The van der Waals surface area contributed by atoms with E-state index in [4.69, 9.17) is 15.2 Å². The molecule has 3 N–H and O–H groups in total. The van der Waals surface area contributed by atoms with Gasteiger partial charge in [0.25, 0.3) is 0 Å². The van der Waals surface area contributed by atoms with Crippen molar-refractivity contribution in [1.82, 2.24) is 4.98 Å². The number of aromatic nitrogens is 1. The van der Waals surface area contributed by atoms with Gasteiger partial charge in [-0.05, 0) is 36.4 Å². The molecule has 3 aromatic rings. The first-order valence-electron chi connectivity index (χ1n) is 8.02. The van der Waals surface area contributed by atoms with Crippen molar-refractivity contribution in [1.29, 1.82) is 0 Å². The van der Waals surface area contributed by atoms with Gasteiger partial charge in [0.15, 0.2) is 11.5 Å². The predicted octanol–water partition coefficient (Wildman–Crippen LogP) is 2.77. The Kier molecular flexibility index (Phi) is 3.85. The quantitative estimate of drug-likeness (QED) is 0.719. The van der Waals surface area contributed by atoms with Crippen LogP contribution in [0.15, 0.2) is 48.5 Å². The van der Waals surface area contributed by atoms with E-state index in [1.54, 1.807) is 24.3 Å². The monoisotopic (exact) mass is 335 g/mol. The number of nitrogens with zero attached hydrogens (tertiary/aromatic N) is 1. The van der Waals surface area contributed by atoms with Crippen molar-refractivity contribution in [2.24, 2.45) is 0 Å². The fourth-order valence-electron chi connectivity index (χ4n) is 2.78. The van der Waals surface area contributed by atoms with Crippen LogP contribution in [-0.2, 0) is 11.2 Å². The second kappa shape index (κ2) is 6.32. The maximum absolute atomic E-state index is 12.3. The average Bonchev–Trinajstić information content (AvgIpc) is 2.61. The first-order chi connectivity index (χ1) is 12.2. The van der Waals surface area contributed by atoms with E-state index < -0.39 is 0 Å². The highest BCUT2D eigenvalue weighted by atomic mass is 16.6. The number of nitrogens with one attached hydrogen (secondary N) is 1. The van der Waals surface area contributed by atoms with Crippen molar-refractivity contribution in [3.63, 3.8) is 0 Å². The molecule has 0 spiro atoms. The highest BCUT2D eigenvalue weighted by Crippen LogP contribution is 2.32. The number of anilines is 2. The average molecular weight is 335 g/mol. The number of pyridine rings is 1. The lowest BCUT2D eigenvalue weighted by Crippen LogP contribution is -2.17. The number of hydrogen-bond donors (Lipinski definition) is 2. The van der Waals surface area contributed by atoms with Crippen LogP contribution in [0.3, 0.4) is 0 Å². The molecule has 25 heavy (non-hydrogen) atoms. The fourth-order valence-corrected chi connectivity index (χ4v) is 2.78. The molecule has 1 aliphatic rings. The smallest absolute Gasteiger partial charge is 0.230 e. The van der Waals surface area contributed by atoms with Gasteiger partial charge in [0.1, 0.15) is 13.2 Å². The number of hydrogen-bond acceptors (Lipinski definition) is 5.